The molecule has 0 aliphatic carbocycles. The molecule has 0 fully saturated rings. The van der Waals surface area contributed by atoms with E-state index in [2.05, 4.69) is 17.3 Å². The summed E-state index contributed by atoms with van der Waals surface area (Å²) in [7, 11) is 1.59. The van der Waals surface area contributed by atoms with Gasteiger partial charge in [0.05, 0.1) is 18.4 Å². The van der Waals surface area contributed by atoms with E-state index in [0.29, 0.717) is 34.0 Å². The largest absolute Gasteiger partial charge is 0.497 e. The first-order chi connectivity index (χ1) is 16.4. The van der Waals surface area contributed by atoms with Crippen LogP contribution < -0.4 is 15.5 Å². The molecular weight excluding hydrogens is 426 g/mol. The average Bonchev–Trinajstić information content (AvgIpc) is 2.87. The van der Waals surface area contributed by atoms with Crippen molar-refractivity contribution in [2.75, 3.05) is 12.4 Å². The number of nitrogens with one attached hydrogen (secondary N) is 1. The van der Waals surface area contributed by atoms with E-state index >= 15 is 0 Å². The number of benzene rings is 3. The number of anilines is 1. The van der Waals surface area contributed by atoms with Crippen molar-refractivity contribution in [2.45, 2.75) is 27.2 Å². The zero-order chi connectivity index (χ0) is 24.2. The van der Waals surface area contributed by atoms with Crippen LogP contribution in [-0.4, -0.2) is 22.8 Å². The summed E-state index contributed by atoms with van der Waals surface area (Å²) >= 11 is 0. The zero-order valence-electron chi connectivity index (χ0n) is 19.8. The van der Waals surface area contributed by atoms with Crippen LogP contribution in [0, 0.1) is 13.8 Å². The van der Waals surface area contributed by atoms with Gasteiger partial charge in [0.15, 0.2) is 0 Å². The van der Waals surface area contributed by atoms with Gasteiger partial charge >= 0.3 is 0 Å². The molecule has 3 aromatic carbocycles. The molecule has 4 aromatic rings. The first kappa shape index (κ1) is 23.0. The number of amides is 1. The molecule has 0 aliphatic heterocycles. The Kier molecular flexibility index (Phi) is 6.59. The number of nitrogens with zero attached hydrogens (tertiary/aromatic N) is 2. The Morgan fingerprint density at radius 3 is 2.18 bits per heavy atom. The lowest BCUT2D eigenvalue weighted by atomic mass is 10.0. The van der Waals surface area contributed by atoms with Crippen LogP contribution in [0.4, 0.5) is 5.82 Å². The van der Waals surface area contributed by atoms with Crippen LogP contribution in [-0.2, 0) is 6.42 Å². The number of aryl methyl sites for hydroxylation is 3. The summed E-state index contributed by atoms with van der Waals surface area (Å²) in [6.07, 6.45) is 0.908. The van der Waals surface area contributed by atoms with Crippen LogP contribution in [0.2, 0.25) is 0 Å². The SMILES string of the molecule is CCc1ccc(-n2nc(C)c(=O)c(-c3ccc(OC)cc3)c2NC(=O)c2ccc(C)cc2)cc1. The topological polar surface area (TPSA) is 73.2 Å². The van der Waals surface area contributed by atoms with Crippen LogP contribution in [0.15, 0.2) is 77.6 Å². The maximum absolute atomic E-state index is 13.3. The molecule has 0 saturated heterocycles. The highest BCUT2D eigenvalue weighted by Gasteiger charge is 2.21. The van der Waals surface area contributed by atoms with Gasteiger partial charge < -0.3 is 10.1 Å². The smallest absolute Gasteiger partial charge is 0.256 e. The molecule has 34 heavy (non-hydrogen) atoms. The van der Waals surface area contributed by atoms with Crippen LogP contribution in [0.25, 0.3) is 16.8 Å². The van der Waals surface area contributed by atoms with E-state index in [4.69, 9.17) is 4.74 Å². The van der Waals surface area contributed by atoms with Crippen molar-refractivity contribution in [2.24, 2.45) is 0 Å². The van der Waals surface area contributed by atoms with Crippen LogP contribution in [0.1, 0.15) is 34.1 Å². The molecule has 0 saturated carbocycles. The second-order valence-electron chi connectivity index (χ2n) is 8.12. The van der Waals surface area contributed by atoms with Gasteiger partial charge in [-0.2, -0.15) is 5.10 Å². The monoisotopic (exact) mass is 453 g/mol. The van der Waals surface area contributed by atoms with Crippen molar-refractivity contribution in [3.8, 4) is 22.6 Å². The number of hydrogen-bond acceptors (Lipinski definition) is 4. The van der Waals surface area contributed by atoms with E-state index in [1.807, 2.05) is 43.3 Å². The summed E-state index contributed by atoms with van der Waals surface area (Å²) in [6.45, 7) is 5.73. The summed E-state index contributed by atoms with van der Waals surface area (Å²) in [6, 6.07) is 22.4. The lowest BCUT2D eigenvalue weighted by molar-refractivity contribution is 0.102. The summed E-state index contributed by atoms with van der Waals surface area (Å²) in [5.74, 6) is 0.671. The number of methoxy groups -OCH3 is 1. The van der Waals surface area contributed by atoms with Crippen LogP contribution >= 0.6 is 0 Å². The standard InChI is InChI=1S/C28H27N3O3/c1-5-20-8-14-23(15-9-20)31-27(29-28(33)22-10-6-18(2)7-11-22)25(26(32)19(3)30-31)21-12-16-24(34-4)17-13-21/h6-17H,5H2,1-4H3,(H,29,33). The zero-order valence-corrected chi connectivity index (χ0v) is 19.8. The Labute approximate surface area is 198 Å². The van der Waals surface area contributed by atoms with Crippen molar-refractivity contribution in [3.05, 3.63) is 105 Å². The van der Waals surface area contributed by atoms with E-state index in [9.17, 15) is 9.59 Å². The minimum atomic E-state index is -0.321. The first-order valence-corrected chi connectivity index (χ1v) is 11.2. The predicted octanol–water partition coefficient (Wildman–Crippen LogP) is 5.34. The highest BCUT2D eigenvalue weighted by atomic mass is 16.5. The van der Waals surface area contributed by atoms with Crippen molar-refractivity contribution < 1.29 is 9.53 Å². The summed E-state index contributed by atoms with van der Waals surface area (Å²) in [4.78, 5) is 26.5. The van der Waals surface area contributed by atoms with E-state index in [1.165, 1.54) is 5.56 Å². The van der Waals surface area contributed by atoms with Crippen LogP contribution in [0.3, 0.4) is 0 Å². The van der Waals surface area contributed by atoms with Crippen molar-refractivity contribution >= 4 is 11.7 Å². The molecule has 0 aliphatic rings. The third-order valence-electron chi connectivity index (χ3n) is 5.77. The Morgan fingerprint density at radius 1 is 0.941 bits per heavy atom. The van der Waals surface area contributed by atoms with Gasteiger partial charge in [-0.3, -0.25) is 9.59 Å². The van der Waals surface area contributed by atoms with Gasteiger partial charge in [-0.05, 0) is 67.8 Å². The average molecular weight is 454 g/mol. The van der Waals surface area contributed by atoms with Gasteiger partial charge in [0.1, 0.15) is 17.3 Å². The van der Waals surface area contributed by atoms with Crippen LogP contribution in [0.5, 0.6) is 5.75 Å². The normalized spacial score (nSPS) is 10.7. The fraction of sp³-hybridized carbons (Fsp3) is 0.179. The second kappa shape index (κ2) is 9.75. The van der Waals surface area contributed by atoms with Gasteiger partial charge in [0.25, 0.3) is 5.91 Å². The van der Waals surface area contributed by atoms with E-state index in [0.717, 1.165) is 17.7 Å². The second-order valence-corrected chi connectivity index (χ2v) is 8.12. The van der Waals surface area contributed by atoms with Crippen molar-refractivity contribution in [1.82, 2.24) is 9.78 Å². The summed E-state index contributed by atoms with van der Waals surface area (Å²) in [5, 5.41) is 7.51. The van der Waals surface area contributed by atoms with Crippen molar-refractivity contribution in [1.29, 1.82) is 0 Å². The maximum atomic E-state index is 13.3. The molecular formula is C28H27N3O3. The Morgan fingerprint density at radius 2 is 1.59 bits per heavy atom. The Bertz CT molecular complexity index is 1370. The third-order valence-corrected chi connectivity index (χ3v) is 5.77. The summed E-state index contributed by atoms with van der Waals surface area (Å²) in [5.41, 5.74) is 4.60. The lowest BCUT2D eigenvalue weighted by Gasteiger charge is -2.19. The Hall–Kier alpha value is -4.19. The molecule has 172 valence electrons. The number of rotatable bonds is 6. The first-order valence-electron chi connectivity index (χ1n) is 11.2. The molecule has 0 spiro atoms. The molecule has 6 heteroatoms. The molecule has 1 N–H and O–H groups in total. The van der Waals surface area contributed by atoms with Gasteiger partial charge in [0, 0.05) is 5.56 Å². The molecule has 1 heterocycles. The molecule has 6 nitrogen and oxygen atoms in total. The molecule has 1 aromatic heterocycles. The Balaban J connectivity index is 1.92. The number of carbonyl (C=O) groups excluding carboxylic acids is 1. The lowest BCUT2D eigenvalue weighted by Crippen LogP contribution is -2.25. The van der Waals surface area contributed by atoms with Gasteiger partial charge in [0.2, 0.25) is 5.43 Å². The number of carbonyl (C=O) groups is 1. The van der Waals surface area contributed by atoms with E-state index in [1.54, 1.807) is 55.1 Å². The highest BCUT2D eigenvalue weighted by molar-refractivity contribution is 6.05. The van der Waals surface area contributed by atoms with E-state index < -0.39 is 0 Å². The van der Waals surface area contributed by atoms with Gasteiger partial charge in [-0.15, -0.1) is 0 Å². The summed E-state index contributed by atoms with van der Waals surface area (Å²) < 4.78 is 6.90. The van der Waals surface area contributed by atoms with Gasteiger partial charge in [-0.1, -0.05) is 48.9 Å². The van der Waals surface area contributed by atoms with Crippen molar-refractivity contribution in [3.63, 3.8) is 0 Å². The molecule has 0 unspecified atom stereocenters. The predicted molar refractivity (Wildman–Crippen MR) is 135 cm³/mol. The molecule has 0 radical (unpaired) electrons. The number of hydrogen-bond donors (Lipinski definition) is 1. The highest BCUT2D eigenvalue weighted by Crippen LogP contribution is 2.29. The fourth-order valence-corrected chi connectivity index (χ4v) is 3.73. The molecule has 0 bridgehead atoms. The minimum absolute atomic E-state index is 0.245. The van der Waals surface area contributed by atoms with E-state index in [-0.39, 0.29) is 11.3 Å². The maximum Gasteiger partial charge on any atom is 0.256 e. The quantitative estimate of drug-likeness (QED) is 0.428. The van der Waals surface area contributed by atoms with Gasteiger partial charge in [-0.25, -0.2) is 4.68 Å². The minimum Gasteiger partial charge on any atom is -0.497 e. The number of ether oxygens (including phenoxy) is 1. The molecule has 1 amide bonds. The third kappa shape index (κ3) is 4.62. The molecule has 4 rings (SSSR count). The fourth-order valence-electron chi connectivity index (χ4n) is 3.73. The number of aromatic nitrogens is 2. The molecule has 0 atom stereocenters.